The SMILES string of the molecule is [O-][n+]1ccc(C#Cc2ccccc2)cc1. The molecule has 0 saturated carbocycles. The summed E-state index contributed by atoms with van der Waals surface area (Å²) in [7, 11) is 0. The highest BCUT2D eigenvalue weighted by Gasteiger charge is 1.89. The third kappa shape index (κ3) is 2.58. The maximum atomic E-state index is 10.8. The van der Waals surface area contributed by atoms with Crippen molar-refractivity contribution in [1.29, 1.82) is 0 Å². The van der Waals surface area contributed by atoms with Gasteiger partial charge in [0.1, 0.15) is 0 Å². The van der Waals surface area contributed by atoms with Gasteiger partial charge < -0.3 is 5.21 Å². The van der Waals surface area contributed by atoms with Gasteiger partial charge in [-0.3, -0.25) is 0 Å². The van der Waals surface area contributed by atoms with Gasteiger partial charge >= 0.3 is 0 Å². The molecular weight excluding hydrogens is 186 g/mol. The van der Waals surface area contributed by atoms with E-state index in [9.17, 15) is 5.21 Å². The van der Waals surface area contributed by atoms with Crippen LogP contribution in [0.4, 0.5) is 0 Å². The molecule has 0 saturated heterocycles. The molecule has 0 aliphatic rings. The van der Waals surface area contributed by atoms with Crippen molar-refractivity contribution in [2.24, 2.45) is 0 Å². The second kappa shape index (κ2) is 4.30. The Bertz CT molecular complexity index is 492. The van der Waals surface area contributed by atoms with Gasteiger partial charge in [0, 0.05) is 23.3 Å². The van der Waals surface area contributed by atoms with Gasteiger partial charge in [-0.2, -0.15) is 4.73 Å². The van der Waals surface area contributed by atoms with Gasteiger partial charge in [0.15, 0.2) is 12.4 Å². The predicted octanol–water partition coefficient (Wildman–Crippen LogP) is 1.72. The Balaban J connectivity index is 2.22. The molecule has 0 atom stereocenters. The van der Waals surface area contributed by atoms with E-state index < -0.39 is 0 Å². The first kappa shape index (κ1) is 9.29. The molecule has 2 rings (SSSR count). The summed E-state index contributed by atoms with van der Waals surface area (Å²) < 4.78 is 0.744. The van der Waals surface area contributed by atoms with Crippen molar-refractivity contribution in [3.63, 3.8) is 0 Å². The zero-order valence-corrected chi connectivity index (χ0v) is 8.05. The molecular formula is C13H9NO. The fourth-order valence-corrected chi connectivity index (χ4v) is 1.16. The van der Waals surface area contributed by atoms with Crippen LogP contribution < -0.4 is 4.73 Å². The van der Waals surface area contributed by atoms with E-state index >= 15 is 0 Å². The van der Waals surface area contributed by atoms with E-state index in [0.29, 0.717) is 0 Å². The molecule has 2 nitrogen and oxygen atoms in total. The summed E-state index contributed by atoms with van der Waals surface area (Å²) in [6, 6.07) is 13.1. The van der Waals surface area contributed by atoms with E-state index in [-0.39, 0.29) is 0 Å². The maximum absolute atomic E-state index is 10.8. The summed E-state index contributed by atoms with van der Waals surface area (Å²) >= 11 is 0. The van der Waals surface area contributed by atoms with Gasteiger partial charge in [-0.25, -0.2) is 0 Å². The van der Waals surface area contributed by atoms with Gasteiger partial charge in [0.05, 0.1) is 0 Å². The average Bonchev–Trinajstić information content (AvgIpc) is 2.30. The van der Waals surface area contributed by atoms with Crippen LogP contribution in [-0.2, 0) is 0 Å². The Hall–Kier alpha value is -2.27. The number of pyridine rings is 1. The number of rotatable bonds is 0. The molecule has 0 aliphatic carbocycles. The molecule has 1 aromatic carbocycles. The molecule has 0 N–H and O–H groups in total. The minimum Gasteiger partial charge on any atom is -0.619 e. The van der Waals surface area contributed by atoms with E-state index in [0.717, 1.165) is 15.9 Å². The Kier molecular flexibility index (Phi) is 2.66. The zero-order chi connectivity index (χ0) is 10.5. The van der Waals surface area contributed by atoms with Crippen molar-refractivity contribution < 1.29 is 4.73 Å². The van der Waals surface area contributed by atoms with Gasteiger partial charge in [0.2, 0.25) is 0 Å². The van der Waals surface area contributed by atoms with Crippen LogP contribution in [0.2, 0.25) is 0 Å². The topological polar surface area (TPSA) is 26.9 Å². The van der Waals surface area contributed by atoms with Crippen LogP contribution in [0.5, 0.6) is 0 Å². The molecule has 0 radical (unpaired) electrons. The fraction of sp³-hybridized carbons (Fsp3) is 0. The molecule has 2 aromatic rings. The third-order valence-corrected chi connectivity index (χ3v) is 1.93. The van der Waals surface area contributed by atoms with Crippen LogP contribution in [0, 0.1) is 17.0 Å². The summed E-state index contributed by atoms with van der Waals surface area (Å²) in [5, 5.41) is 10.8. The largest absolute Gasteiger partial charge is 0.619 e. The number of hydrogen-bond acceptors (Lipinski definition) is 1. The molecule has 0 aliphatic heterocycles. The van der Waals surface area contributed by atoms with Crippen LogP contribution in [0.1, 0.15) is 11.1 Å². The average molecular weight is 195 g/mol. The van der Waals surface area contributed by atoms with Crippen LogP contribution >= 0.6 is 0 Å². The van der Waals surface area contributed by atoms with Gasteiger partial charge in [0.25, 0.3) is 0 Å². The molecule has 1 heterocycles. The first-order valence-corrected chi connectivity index (χ1v) is 4.60. The van der Waals surface area contributed by atoms with Crippen molar-refractivity contribution in [2.45, 2.75) is 0 Å². The van der Waals surface area contributed by atoms with E-state index in [1.54, 1.807) is 12.1 Å². The molecule has 0 amide bonds. The zero-order valence-electron chi connectivity index (χ0n) is 8.05. The first-order valence-electron chi connectivity index (χ1n) is 4.60. The highest BCUT2D eigenvalue weighted by Crippen LogP contribution is 1.97. The normalized spacial score (nSPS) is 9.07. The Morgan fingerprint density at radius 2 is 1.33 bits per heavy atom. The second-order valence-electron chi connectivity index (χ2n) is 3.06. The quantitative estimate of drug-likeness (QED) is 0.357. The van der Waals surface area contributed by atoms with Crippen molar-refractivity contribution >= 4 is 0 Å². The van der Waals surface area contributed by atoms with E-state index in [2.05, 4.69) is 11.8 Å². The lowest BCUT2D eigenvalue weighted by Crippen LogP contribution is -2.23. The third-order valence-electron chi connectivity index (χ3n) is 1.93. The van der Waals surface area contributed by atoms with Crippen LogP contribution in [0.25, 0.3) is 0 Å². The lowest BCUT2D eigenvalue weighted by Gasteiger charge is -1.92. The summed E-state index contributed by atoms with van der Waals surface area (Å²) in [6.07, 6.45) is 2.88. The molecule has 72 valence electrons. The number of benzene rings is 1. The summed E-state index contributed by atoms with van der Waals surface area (Å²) in [6.45, 7) is 0. The summed E-state index contributed by atoms with van der Waals surface area (Å²) in [4.78, 5) is 0. The Labute approximate surface area is 88.4 Å². The fourth-order valence-electron chi connectivity index (χ4n) is 1.16. The molecule has 0 fully saturated rings. The Morgan fingerprint density at radius 1 is 0.800 bits per heavy atom. The molecule has 0 bridgehead atoms. The molecule has 0 unspecified atom stereocenters. The Morgan fingerprint density at radius 3 is 1.93 bits per heavy atom. The smallest absolute Gasteiger partial charge is 0.181 e. The van der Waals surface area contributed by atoms with Crippen molar-refractivity contribution in [3.05, 3.63) is 71.2 Å². The van der Waals surface area contributed by atoms with E-state index in [1.165, 1.54) is 12.4 Å². The van der Waals surface area contributed by atoms with Gasteiger partial charge in [-0.05, 0) is 12.1 Å². The number of aromatic nitrogens is 1. The first-order chi connectivity index (χ1) is 7.34. The minimum absolute atomic E-state index is 0.744. The highest BCUT2D eigenvalue weighted by molar-refractivity contribution is 5.41. The van der Waals surface area contributed by atoms with Crippen LogP contribution in [0.15, 0.2) is 54.9 Å². The predicted molar refractivity (Wildman–Crippen MR) is 57.8 cm³/mol. The van der Waals surface area contributed by atoms with Crippen molar-refractivity contribution in [3.8, 4) is 11.8 Å². The van der Waals surface area contributed by atoms with E-state index in [4.69, 9.17) is 0 Å². The molecule has 2 heteroatoms. The second-order valence-corrected chi connectivity index (χ2v) is 3.06. The summed E-state index contributed by atoms with van der Waals surface area (Å²) in [5.74, 6) is 6.01. The van der Waals surface area contributed by atoms with Gasteiger partial charge in [-0.1, -0.05) is 30.0 Å². The van der Waals surface area contributed by atoms with Crippen LogP contribution in [-0.4, -0.2) is 0 Å². The summed E-state index contributed by atoms with van der Waals surface area (Å²) in [5.41, 5.74) is 1.81. The van der Waals surface area contributed by atoms with Gasteiger partial charge in [-0.15, -0.1) is 0 Å². The lowest BCUT2D eigenvalue weighted by molar-refractivity contribution is -0.605. The standard InChI is InChI=1S/C13H9NO/c15-14-10-8-13(9-11-14)7-6-12-4-2-1-3-5-12/h1-5,8-11H. The minimum atomic E-state index is 0.744. The van der Waals surface area contributed by atoms with Crippen molar-refractivity contribution in [2.75, 3.05) is 0 Å². The number of nitrogens with zero attached hydrogens (tertiary/aromatic N) is 1. The van der Waals surface area contributed by atoms with Crippen molar-refractivity contribution in [1.82, 2.24) is 0 Å². The highest BCUT2D eigenvalue weighted by atomic mass is 16.5. The molecule has 15 heavy (non-hydrogen) atoms. The van der Waals surface area contributed by atoms with E-state index in [1.807, 2.05) is 30.3 Å². The maximum Gasteiger partial charge on any atom is 0.181 e. The number of hydrogen-bond donors (Lipinski definition) is 0. The molecule has 0 spiro atoms. The van der Waals surface area contributed by atoms with Crippen LogP contribution in [0.3, 0.4) is 0 Å². The lowest BCUT2D eigenvalue weighted by atomic mass is 10.2. The monoisotopic (exact) mass is 195 g/mol. The molecule has 1 aromatic heterocycles.